The van der Waals surface area contributed by atoms with Gasteiger partial charge in [-0.2, -0.15) is 0 Å². The molecule has 31 heavy (non-hydrogen) atoms. The smallest absolute Gasteiger partial charge is 0.277 e. The molecule has 2 aromatic heterocycles. The Hall–Kier alpha value is -2.75. The molecule has 3 heterocycles. The molecule has 0 bridgehead atoms. The number of ether oxygens (including phenoxy) is 2. The summed E-state index contributed by atoms with van der Waals surface area (Å²) in [6.45, 7) is 0.730. The van der Waals surface area contributed by atoms with Gasteiger partial charge in [0.25, 0.3) is 11.1 Å². The summed E-state index contributed by atoms with van der Waals surface area (Å²) >= 11 is 9.13. The van der Waals surface area contributed by atoms with Crippen LogP contribution < -0.4 is 14.8 Å². The first-order chi connectivity index (χ1) is 15.2. The standard InChI is InChI=1S/C21H16ClN3O4S2/c22-18-13-5-1-4-8-16(13)31-19(18)20-24-25-21(29-20)30-11-17(26)23-9-12-10-27-14-6-2-3-7-15(14)28-12/h1-8,12H,9-11H2,(H,23,26)/t12-/m1/s1. The van der Waals surface area contributed by atoms with Gasteiger partial charge in [0.2, 0.25) is 5.91 Å². The third kappa shape index (κ3) is 4.34. The third-order valence-electron chi connectivity index (χ3n) is 4.56. The Morgan fingerprint density at radius 2 is 1.97 bits per heavy atom. The van der Waals surface area contributed by atoms with Gasteiger partial charge in [-0.15, -0.1) is 21.5 Å². The van der Waals surface area contributed by atoms with E-state index in [0.29, 0.717) is 40.8 Å². The normalized spacial score (nSPS) is 15.2. The van der Waals surface area contributed by atoms with Crippen LogP contribution >= 0.6 is 34.7 Å². The van der Waals surface area contributed by atoms with E-state index in [1.165, 1.54) is 23.1 Å². The minimum absolute atomic E-state index is 0.145. The number of halogens is 1. The van der Waals surface area contributed by atoms with Gasteiger partial charge in [0, 0.05) is 10.1 Å². The Morgan fingerprint density at radius 1 is 1.16 bits per heavy atom. The number of hydrogen-bond acceptors (Lipinski definition) is 8. The minimum atomic E-state index is -0.242. The highest BCUT2D eigenvalue weighted by molar-refractivity contribution is 7.99. The van der Waals surface area contributed by atoms with Crippen LogP contribution in [0, 0.1) is 0 Å². The van der Waals surface area contributed by atoms with Gasteiger partial charge in [0.05, 0.1) is 17.3 Å². The molecule has 4 aromatic rings. The van der Waals surface area contributed by atoms with Crippen molar-refractivity contribution in [1.29, 1.82) is 0 Å². The highest BCUT2D eigenvalue weighted by atomic mass is 35.5. The Labute approximate surface area is 190 Å². The van der Waals surface area contributed by atoms with Gasteiger partial charge in [-0.3, -0.25) is 4.79 Å². The van der Waals surface area contributed by atoms with Crippen LogP contribution in [0.5, 0.6) is 11.5 Å². The van der Waals surface area contributed by atoms with Crippen molar-refractivity contribution in [2.75, 3.05) is 18.9 Å². The number of benzene rings is 2. The van der Waals surface area contributed by atoms with E-state index in [-0.39, 0.29) is 17.8 Å². The Bertz CT molecular complexity index is 1240. The van der Waals surface area contributed by atoms with Crippen LogP contribution in [0.15, 0.2) is 58.2 Å². The maximum Gasteiger partial charge on any atom is 0.277 e. The number of carbonyl (C=O) groups is 1. The summed E-state index contributed by atoms with van der Waals surface area (Å²) in [6.07, 6.45) is -0.242. The zero-order valence-electron chi connectivity index (χ0n) is 16.0. The van der Waals surface area contributed by atoms with E-state index in [0.717, 1.165) is 15.0 Å². The number of aromatic nitrogens is 2. The number of fused-ring (bicyclic) bond motifs is 2. The predicted octanol–water partition coefficient (Wildman–Crippen LogP) is 4.65. The molecule has 1 amide bonds. The summed E-state index contributed by atoms with van der Waals surface area (Å²) in [5, 5.41) is 12.8. The van der Waals surface area contributed by atoms with E-state index in [2.05, 4.69) is 15.5 Å². The molecule has 0 spiro atoms. The second-order valence-corrected chi connectivity index (χ2v) is 9.06. The lowest BCUT2D eigenvalue weighted by atomic mass is 10.2. The van der Waals surface area contributed by atoms with Crippen LogP contribution in [0.1, 0.15) is 0 Å². The SMILES string of the molecule is O=C(CSc1nnc(-c2sc3ccccc3c2Cl)o1)NC[C@@H]1COc2ccccc2O1. The van der Waals surface area contributed by atoms with Crippen molar-refractivity contribution in [3.8, 4) is 22.3 Å². The molecular formula is C21H16ClN3O4S2. The number of rotatable bonds is 6. The van der Waals surface area contributed by atoms with E-state index in [4.69, 9.17) is 25.5 Å². The average molecular weight is 474 g/mol. The zero-order valence-corrected chi connectivity index (χ0v) is 18.4. The molecule has 1 atom stereocenters. The monoisotopic (exact) mass is 473 g/mol. The molecule has 0 fully saturated rings. The summed E-state index contributed by atoms with van der Waals surface area (Å²) in [6, 6.07) is 15.3. The van der Waals surface area contributed by atoms with E-state index < -0.39 is 0 Å². The van der Waals surface area contributed by atoms with Crippen molar-refractivity contribution in [2.45, 2.75) is 11.3 Å². The van der Waals surface area contributed by atoms with Gasteiger partial charge >= 0.3 is 0 Å². The van der Waals surface area contributed by atoms with Gasteiger partial charge in [-0.05, 0) is 18.2 Å². The number of thioether (sulfide) groups is 1. The first-order valence-electron chi connectivity index (χ1n) is 9.46. The molecule has 5 rings (SSSR count). The second-order valence-electron chi connectivity index (χ2n) is 6.70. The highest BCUT2D eigenvalue weighted by Crippen LogP contribution is 2.41. The molecule has 0 saturated carbocycles. The molecular weight excluding hydrogens is 458 g/mol. The molecule has 2 aromatic carbocycles. The van der Waals surface area contributed by atoms with Crippen LogP contribution in [-0.2, 0) is 4.79 Å². The van der Waals surface area contributed by atoms with Gasteiger partial charge < -0.3 is 19.2 Å². The van der Waals surface area contributed by atoms with E-state index >= 15 is 0 Å². The molecule has 158 valence electrons. The summed E-state index contributed by atoms with van der Waals surface area (Å²) in [5.41, 5.74) is 0. The average Bonchev–Trinajstić information content (AvgIpc) is 3.41. The van der Waals surface area contributed by atoms with Gasteiger partial charge in [-0.25, -0.2) is 0 Å². The Morgan fingerprint density at radius 3 is 2.84 bits per heavy atom. The highest BCUT2D eigenvalue weighted by Gasteiger charge is 2.22. The molecule has 1 N–H and O–H groups in total. The lowest BCUT2D eigenvalue weighted by molar-refractivity contribution is -0.119. The van der Waals surface area contributed by atoms with Crippen LogP contribution in [0.4, 0.5) is 0 Å². The zero-order chi connectivity index (χ0) is 21.2. The lowest BCUT2D eigenvalue weighted by Gasteiger charge is -2.26. The van der Waals surface area contributed by atoms with Crippen molar-refractivity contribution in [3.63, 3.8) is 0 Å². The maximum atomic E-state index is 12.2. The number of nitrogens with one attached hydrogen (secondary N) is 1. The number of hydrogen-bond donors (Lipinski definition) is 1. The largest absolute Gasteiger partial charge is 0.486 e. The number of para-hydroxylation sites is 2. The fraction of sp³-hybridized carbons (Fsp3) is 0.190. The van der Waals surface area contributed by atoms with Crippen LogP contribution in [0.2, 0.25) is 5.02 Å². The molecule has 0 saturated heterocycles. The third-order valence-corrected chi connectivity index (χ3v) is 7.04. The van der Waals surface area contributed by atoms with E-state index in [1.807, 2.05) is 48.5 Å². The summed E-state index contributed by atoms with van der Waals surface area (Å²) in [7, 11) is 0. The maximum absolute atomic E-state index is 12.2. The van der Waals surface area contributed by atoms with Crippen molar-refractivity contribution in [3.05, 3.63) is 53.6 Å². The van der Waals surface area contributed by atoms with Crippen LogP contribution in [0.3, 0.4) is 0 Å². The Balaban J connectivity index is 1.14. The number of amides is 1. The number of carbonyl (C=O) groups excluding carboxylic acids is 1. The van der Waals surface area contributed by atoms with Gasteiger partial charge in [-0.1, -0.05) is 53.7 Å². The lowest BCUT2D eigenvalue weighted by Crippen LogP contribution is -2.41. The number of thiophene rings is 1. The van der Waals surface area contributed by atoms with Gasteiger partial charge in [0.1, 0.15) is 17.6 Å². The van der Waals surface area contributed by atoms with E-state index in [9.17, 15) is 4.79 Å². The molecule has 1 aliphatic rings. The van der Waals surface area contributed by atoms with Crippen LogP contribution in [0.25, 0.3) is 20.9 Å². The second kappa shape index (κ2) is 8.78. The van der Waals surface area contributed by atoms with Crippen molar-refractivity contribution < 1.29 is 18.7 Å². The number of nitrogens with zero attached hydrogens (tertiary/aromatic N) is 2. The molecule has 1 aliphatic heterocycles. The fourth-order valence-electron chi connectivity index (χ4n) is 3.08. The van der Waals surface area contributed by atoms with Crippen molar-refractivity contribution in [1.82, 2.24) is 15.5 Å². The topological polar surface area (TPSA) is 86.5 Å². The van der Waals surface area contributed by atoms with Crippen molar-refractivity contribution in [2.24, 2.45) is 0 Å². The molecule has 0 aliphatic carbocycles. The quantitative estimate of drug-likeness (QED) is 0.408. The fourth-order valence-corrected chi connectivity index (χ4v) is 5.11. The first kappa shape index (κ1) is 20.2. The minimum Gasteiger partial charge on any atom is -0.486 e. The summed E-state index contributed by atoms with van der Waals surface area (Å²) < 4.78 is 18.2. The Kier molecular flexibility index (Phi) is 5.71. The molecule has 0 unspecified atom stereocenters. The molecule has 7 nitrogen and oxygen atoms in total. The van der Waals surface area contributed by atoms with E-state index in [1.54, 1.807) is 0 Å². The van der Waals surface area contributed by atoms with Crippen molar-refractivity contribution >= 4 is 50.7 Å². The van der Waals surface area contributed by atoms with Gasteiger partial charge in [0.15, 0.2) is 11.5 Å². The predicted molar refractivity (Wildman–Crippen MR) is 120 cm³/mol. The summed E-state index contributed by atoms with van der Waals surface area (Å²) in [4.78, 5) is 12.9. The van der Waals surface area contributed by atoms with Crippen LogP contribution in [-0.4, -0.2) is 41.1 Å². The molecule has 10 heteroatoms. The first-order valence-corrected chi connectivity index (χ1v) is 11.6. The molecule has 0 radical (unpaired) electrons. The summed E-state index contributed by atoms with van der Waals surface area (Å²) in [5.74, 6) is 1.73.